The van der Waals surface area contributed by atoms with E-state index in [0.29, 0.717) is 23.0 Å². The molecule has 0 spiro atoms. The van der Waals surface area contributed by atoms with Gasteiger partial charge in [0.25, 0.3) is 5.91 Å². The number of halogens is 2. The van der Waals surface area contributed by atoms with Crippen molar-refractivity contribution in [1.29, 1.82) is 0 Å². The van der Waals surface area contributed by atoms with Gasteiger partial charge in [0.1, 0.15) is 5.15 Å². The molecular formula is C18H18Cl2N4O3S2. The molecule has 154 valence electrons. The van der Waals surface area contributed by atoms with Gasteiger partial charge in [-0.15, -0.1) is 0 Å². The number of sulfonamides is 1. The van der Waals surface area contributed by atoms with Gasteiger partial charge in [0, 0.05) is 32.1 Å². The molecule has 0 bridgehead atoms. The third-order valence-electron chi connectivity index (χ3n) is 4.09. The molecule has 2 heterocycles. The highest BCUT2D eigenvalue weighted by molar-refractivity contribution is 8.14. The summed E-state index contributed by atoms with van der Waals surface area (Å²) in [5, 5.41) is 0.924. The van der Waals surface area contributed by atoms with Gasteiger partial charge in [-0.05, 0) is 24.3 Å². The fourth-order valence-corrected chi connectivity index (χ4v) is 4.84. The maximum atomic E-state index is 13.0. The molecule has 7 nitrogen and oxygen atoms in total. The Morgan fingerprint density at radius 3 is 2.69 bits per heavy atom. The molecule has 1 aromatic heterocycles. The molecule has 29 heavy (non-hydrogen) atoms. The maximum absolute atomic E-state index is 13.0. The number of carbonyl (C=O) groups is 1. The zero-order chi connectivity index (χ0) is 21.3. The van der Waals surface area contributed by atoms with Crippen LogP contribution in [0.25, 0.3) is 0 Å². The van der Waals surface area contributed by atoms with E-state index in [0.717, 1.165) is 4.31 Å². The fourth-order valence-electron chi connectivity index (χ4n) is 2.60. The summed E-state index contributed by atoms with van der Waals surface area (Å²) in [6.45, 7) is 2.44. The van der Waals surface area contributed by atoms with Crippen molar-refractivity contribution < 1.29 is 13.2 Å². The van der Waals surface area contributed by atoms with Gasteiger partial charge in [-0.2, -0.15) is 0 Å². The Morgan fingerprint density at radius 1 is 1.31 bits per heavy atom. The molecule has 1 amide bonds. The van der Waals surface area contributed by atoms with Crippen molar-refractivity contribution in [1.82, 2.24) is 14.2 Å². The first-order chi connectivity index (χ1) is 13.6. The van der Waals surface area contributed by atoms with Crippen LogP contribution in [-0.4, -0.2) is 59.6 Å². The average molecular weight is 473 g/mol. The molecule has 0 N–H and O–H groups in total. The van der Waals surface area contributed by atoms with Crippen molar-refractivity contribution in [2.75, 3.05) is 20.6 Å². The van der Waals surface area contributed by atoms with Gasteiger partial charge in [-0.1, -0.05) is 48.0 Å². The van der Waals surface area contributed by atoms with Gasteiger partial charge < -0.3 is 0 Å². The van der Waals surface area contributed by atoms with Gasteiger partial charge >= 0.3 is 0 Å². The number of rotatable bonds is 4. The van der Waals surface area contributed by atoms with E-state index in [-0.39, 0.29) is 26.2 Å². The van der Waals surface area contributed by atoms with E-state index in [4.69, 9.17) is 23.2 Å². The van der Waals surface area contributed by atoms with Crippen LogP contribution < -0.4 is 0 Å². The van der Waals surface area contributed by atoms with Crippen LogP contribution in [-0.2, 0) is 10.0 Å². The standard InChI is InChI=1S/C18H18Cl2N4O3S2/c1-11-10-24(17(25)12-7-15(19)16(20)21-9-12)18(28-11)22-13-5-4-6-14(8-13)29(26,27)23(2)3/h4-9,11H,10H2,1-3H3. The Kier molecular flexibility index (Phi) is 6.54. The van der Waals surface area contributed by atoms with Crippen LogP contribution in [0.3, 0.4) is 0 Å². The average Bonchev–Trinajstić information content (AvgIpc) is 3.03. The summed E-state index contributed by atoms with van der Waals surface area (Å²) in [6.07, 6.45) is 1.37. The topological polar surface area (TPSA) is 82.9 Å². The van der Waals surface area contributed by atoms with Crippen molar-refractivity contribution in [3.05, 3.63) is 52.3 Å². The summed E-state index contributed by atoms with van der Waals surface area (Å²) in [5.41, 5.74) is 0.736. The second kappa shape index (κ2) is 8.61. The highest BCUT2D eigenvalue weighted by Crippen LogP contribution is 2.31. The molecular weight excluding hydrogens is 455 g/mol. The molecule has 1 saturated heterocycles. The van der Waals surface area contributed by atoms with Crippen LogP contribution in [0.4, 0.5) is 5.69 Å². The van der Waals surface area contributed by atoms with Crippen molar-refractivity contribution in [2.24, 2.45) is 4.99 Å². The molecule has 3 rings (SSSR count). The third kappa shape index (κ3) is 4.75. The minimum atomic E-state index is -3.58. The third-order valence-corrected chi connectivity index (χ3v) is 7.66. The predicted molar refractivity (Wildman–Crippen MR) is 117 cm³/mol. The quantitative estimate of drug-likeness (QED) is 0.629. The van der Waals surface area contributed by atoms with Gasteiger partial charge in [0.05, 0.1) is 21.2 Å². The zero-order valence-corrected chi connectivity index (χ0v) is 19.0. The van der Waals surface area contributed by atoms with Crippen LogP contribution in [0.1, 0.15) is 17.3 Å². The molecule has 1 fully saturated rings. The van der Waals surface area contributed by atoms with Crippen LogP contribution in [0.5, 0.6) is 0 Å². The number of amides is 1. The largest absolute Gasteiger partial charge is 0.286 e. The smallest absolute Gasteiger partial charge is 0.261 e. The Balaban J connectivity index is 1.95. The zero-order valence-electron chi connectivity index (χ0n) is 15.8. The summed E-state index contributed by atoms with van der Waals surface area (Å²) in [7, 11) is -0.651. The lowest BCUT2D eigenvalue weighted by Gasteiger charge is -2.16. The summed E-state index contributed by atoms with van der Waals surface area (Å²) in [4.78, 5) is 23.1. The molecule has 2 aromatic rings. The number of amidine groups is 1. The molecule has 0 aliphatic carbocycles. The number of benzene rings is 1. The summed E-state index contributed by atoms with van der Waals surface area (Å²) >= 11 is 13.2. The number of aromatic nitrogens is 1. The van der Waals surface area contributed by atoms with Crippen LogP contribution in [0.2, 0.25) is 10.2 Å². The first-order valence-electron chi connectivity index (χ1n) is 8.50. The van der Waals surface area contributed by atoms with E-state index < -0.39 is 10.0 Å². The van der Waals surface area contributed by atoms with Gasteiger partial charge in [0.15, 0.2) is 5.17 Å². The second-order valence-corrected chi connectivity index (χ2v) is 10.8. The van der Waals surface area contributed by atoms with Crippen molar-refractivity contribution in [3.8, 4) is 0 Å². The summed E-state index contributed by atoms with van der Waals surface area (Å²) in [6, 6.07) is 7.76. The molecule has 0 saturated carbocycles. The first kappa shape index (κ1) is 22.0. The highest BCUT2D eigenvalue weighted by atomic mass is 35.5. The van der Waals surface area contributed by atoms with E-state index in [9.17, 15) is 13.2 Å². The van der Waals surface area contributed by atoms with E-state index in [1.54, 1.807) is 12.1 Å². The maximum Gasteiger partial charge on any atom is 0.261 e. The Morgan fingerprint density at radius 2 is 2.03 bits per heavy atom. The SMILES string of the molecule is CC1CN(C(=O)c2cnc(Cl)c(Cl)c2)C(=Nc2cccc(S(=O)(=O)N(C)C)c2)S1. The number of pyridine rings is 1. The second-order valence-electron chi connectivity index (χ2n) is 6.52. The lowest BCUT2D eigenvalue weighted by molar-refractivity contribution is 0.0855. The predicted octanol–water partition coefficient (Wildman–Crippen LogP) is 3.90. The molecule has 0 radical (unpaired) electrons. The molecule has 1 unspecified atom stereocenters. The Bertz CT molecular complexity index is 1090. The number of hydrogen-bond donors (Lipinski definition) is 0. The number of thioether (sulfide) groups is 1. The van der Waals surface area contributed by atoms with Crippen LogP contribution in [0, 0.1) is 0 Å². The van der Waals surface area contributed by atoms with Crippen molar-refractivity contribution >= 4 is 61.7 Å². The lowest BCUT2D eigenvalue weighted by Crippen LogP contribution is -2.32. The normalized spacial score (nSPS) is 18.6. The minimum Gasteiger partial charge on any atom is -0.286 e. The van der Waals surface area contributed by atoms with E-state index in [2.05, 4.69) is 9.98 Å². The highest BCUT2D eigenvalue weighted by Gasteiger charge is 2.32. The molecule has 1 aliphatic heterocycles. The summed E-state index contributed by atoms with van der Waals surface area (Å²) in [5.74, 6) is -0.302. The number of nitrogens with zero attached hydrogens (tertiary/aromatic N) is 4. The number of carbonyl (C=O) groups excluding carboxylic acids is 1. The van der Waals surface area contributed by atoms with Gasteiger partial charge in [-0.25, -0.2) is 22.7 Å². The first-order valence-corrected chi connectivity index (χ1v) is 11.6. The number of hydrogen-bond acceptors (Lipinski definition) is 6. The Hall–Kier alpha value is -1.65. The van der Waals surface area contributed by atoms with E-state index in [1.807, 2.05) is 6.92 Å². The molecule has 1 aliphatic rings. The van der Waals surface area contributed by atoms with Gasteiger partial charge in [0.2, 0.25) is 10.0 Å². The van der Waals surface area contributed by atoms with Crippen LogP contribution in [0.15, 0.2) is 46.4 Å². The fraction of sp³-hybridized carbons (Fsp3) is 0.278. The number of aliphatic imine (C=N–C) groups is 1. The van der Waals surface area contributed by atoms with Crippen LogP contribution >= 0.6 is 35.0 Å². The van der Waals surface area contributed by atoms with E-state index >= 15 is 0 Å². The monoisotopic (exact) mass is 472 g/mol. The molecule has 11 heteroatoms. The van der Waals surface area contributed by atoms with Gasteiger partial charge in [-0.3, -0.25) is 9.69 Å². The van der Waals surface area contributed by atoms with E-state index in [1.165, 1.54) is 55.2 Å². The van der Waals surface area contributed by atoms with Crippen molar-refractivity contribution in [2.45, 2.75) is 17.1 Å². The molecule has 1 aromatic carbocycles. The lowest BCUT2D eigenvalue weighted by atomic mass is 10.2. The Labute approximate surface area is 183 Å². The van der Waals surface area contributed by atoms with Crippen molar-refractivity contribution in [3.63, 3.8) is 0 Å². The minimum absolute atomic E-state index is 0.125. The molecule has 1 atom stereocenters. The summed E-state index contributed by atoms with van der Waals surface area (Å²) < 4.78 is 25.9.